The predicted molar refractivity (Wildman–Crippen MR) is 74.6 cm³/mol. The highest BCUT2D eigenvalue weighted by molar-refractivity contribution is 9.10. The molecule has 100 valence electrons. The quantitative estimate of drug-likeness (QED) is 0.630. The van der Waals surface area contributed by atoms with Gasteiger partial charge in [0.1, 0.15) is 11.6 Å². The number of hydrogen-bond donors (Lipinski definition) is 0. The van der Waals surface area contributed by atoms with E-state index in [9.17, 15) is 10.1 Å². The molecule has 0 aliphatic carbocycles. The van der Waals surface area contributed by atoms with Crippen LogP contribution in [0, 0.1) is 28.4 Å². The normalized spacial score (nSPS) is 9.85. The number of nitro groups is 1. The number of nitriles is 1. The van der Waals surface area contributed by atoms with E-state index in [2.05, 4.69) is 20.9 Å². The van der Waals surface area contributed by atoms with Crippen molar-refractivity contribution < 1.29 is 9.66 Å². The molecule has 0 radical (unpaired) electrons. The monoisotopic (exact) mass is 333 g/mol. The highest BCUT2D eigenvalue weighted by atomic mass is 79.9. The van der Waals surface area contributed by atoms with Crippen LogP contribution in [0.5, 0.6) is 11.6 Å². The Kier molecular flexibility index (Phi) is 3.96. The lowest BCUT2D eigenvalue weighted by atomic mass is 10.2. The van der Waals surface area contributed by atoms with Crippen molar-refractivity contribution in [3.05, 3.63) is 56.2 Å². The summed E-state index contributed by atoms with van der Waals surface area (Å²) in [6.07, 6.45) is 0. The maximum atomic E-state index is 11.0. The van der Waals surface area contributed by atoms with Crippen LogP contribution >= 0.6 is 15.9 Å². The molecule has 0 spiro atoms. The van der Waals surface area contributed by atoms with E-state index in [1.54, 1.807) is 25.1 Å². The van der Waals surface area contributed by atoms with E-state index in [1.165, 1.54) is 12.1 Å². The summed E-state index contributed by atoms with van der Waals surface area (Å²) in [4.78, 5) is 14.5. The number of benzene rings is 1. The van der Waals surface area contributed by atoms with Gasteiger partial charge in [0.25, 0.3) is 0 Å². The molecule has 0 atom stereocenters. The Morgan fingerprint density at radius 2 is 2.15 bits per heavy atom. The summed E-state index contributed by atoms with van der Waals surface area (Å²) >= 11 is 3.20. The molecule has 2 aromatic rings. The molecule has 0 bridgehead atoms. The van der Waals surface area contributed by atoms with Gasteiger partial charge in [-0.05, 0) is 41.1 Å². The van der Waals surface area contributed by atoms with Crippen molar-refractivity contribution in [1.29, 1.82) is 5.26 Å². The average molecular weight is 334 g/mol. The highest BCUT2D eigenvalue weighted by Gasteiger charge is 2.20. The molecule has 1 heterocycles. The third-order valence-electron chi connectivity index (χ3n) is 2.46. The minimum atomic E-state index is -0.554. The molecule has 6 nitrogen and oxygen atoms in total. The Morgan fingerprint density at radius 3 is 2.80 bits per heavy atom. The predicted octanol–water partition coefficient (Wildman–Crippen LogP) is 3.72. The fourth-order valence-electron chi connectivity index (χ4n) is 1.53. The van der Waals surface area contributed by atoms with Crippen LogP contribution in [0.3, 0.4) is 0 Å². The summed E-state index contributed by atoms with van der Waals surface area (Å²) in [6.45, 7) is 1.74. The second-order valence-electron chi connectivity index (χ2n) is 3.86. The van der Waals surface area contributed by atoms with Gasteiger partial charge in [0.05, 0.1) is 9.40 Å². The van der Waals surface area contributed by atoms with Crippen LogP contribution in [-0.4, -0.2) is 9.91 Å². The van der Waals surface area contributed by atoms with Crippen molar-refractivity contribution >= 4 is 21.6 Å². The summed E-state index contributed by atoms with van der Waals surface area (Å²) in [6, 6.07) is 9.63. The van der Waals surface area contributed by atoms with Crippen LogP contribution in [0.2, 0.25) is 0 Å². The summed E-state index contributed by atoms with van der Waals surface area (Å²) < 4.78 is 5.90. The zero-order chi connectivity index (χ0) is 14.7. The van der Waals surface area contributed by atoms with Gasteiger partial charge in [0, 0.05) is 11.8 Å². The number of aryl methyl sites for hydroxylation is 1. The van der Waals surface area contributed by atoms with Gasteiger partial charge in [-0.15, -0.1) is 0 Å². The van der Waals surface area contributed by atoms with Gasteiger partial charge in [-0.3, -0.25) is 10.1 Å². The third kappa shape index (κ3) is 2.75. The van der Waals surface area contributed by atoms with Crippen molar-refractivity contribution in [3.63, 3.8) is 0 Å². The molecule has 0 unspecified atom stereocenters. The summed E-state index contributed by atoms with van der Waals surface area (Å²) in [5.74, 6) is 0.0644. The van der Waals surface area contributed by atoms with E-state index >= 15 is 0 Å². The Hall–Kier alpha value is -2.46. The Balaban J connectivity index is 2.53. The van der Waals surface area contributed by atoms with E-state index in [0.29, 0.717) is 10.2 Å². The maximum absolute atomic E-state index is 11.0. The molecule has 20 heavy (non-hydrogen) atoms. The number of nitro benzene ring substituents is 1. The van der Waals surface area contributed by atoms with Crippen molar-refractivity contribution in [3.8, 4) is 17.7 Å². The molecule has 1 aromatic carbocycles. The number of rotatable bonds is 3. The van der Waals surface area contributed by atoms with Gasteiger partial charge < -0.3 is 4.74 Å². The minimum absolute atomic E-state index is 0.0205. The number of ether oxygens (including phenoxy) is 1. The van der Waals surface area contributed by atoms with E-state index < -0.39 is 4.92 Å². The fraction of sp³-hybridized carbons (Fsp3) is 0.0769. The first-order valence-corrected chi connectivity index (χ1v) is 6.30. The largest absolute Gasteiger partial charge is 0.429 e. The van der Waals surface area contributed by atoms with Crippen LogP contribution in [0.4, 0.5) is 5.69 Å². The van der Waals surface area contributed by atoms with E-state index in [4.69, 9.17) is 10.00 Å². The number of halogens is 1. The molecule has 0 saturated heterocycles. The molecular weight excluding hydrogens is 326 g/mol. The number of nitrogens with zero attached hydrogens (tertiary/aromatic N) is 3. The van der Waals surface area contributed by atoms with Crippen LogP contribution in [0.1, 0.15) is 11.3 Å². The van der Waals surface area contributed by atoms with Crippen molar-refractivity contribution in [2.24, 2.45) is 0 Å². The fourth-order valence-corrected chi connectivity index (χ4v) is 1.97. The first-order chi connectivity index (χ1) is 9.52. The standard InChI is InChI=1S/C13H8BrN3O3/c1-8-5-6-9(7-15)13(16-8)20-12-10(14)3-2-4-11(12)17(18)19/h2-6H,1H3. The number of aromatic nitrogens is 1. The van der Waals surface area contributed by atoms with E-state index in [-0.39, 0.29) is 22.9 Å². The van der Waals surface area contributed by atoms with Crippen LogP contribution < -0.4 is 4.74 Å². The van der Waals surface area contributed by atoms with Gasteiger partial charge in [0.2, 0.25) is 11.6 Å². The summed E-state index contributed by atoms with van der Waals surface area (Å²) in [7, 11) is 0. The van der Waals surface area contributed by atoms with Crippen LogP contribution in [-0.2, 0) is 0 Å². The molecule has 0 aliphatic heterocycles. The Bertz CT molecular complexity index is 725. The zero-order valence-electron chi connectivity index (χ0n) is 10.3. The van der Waals surface area contributed by atoms with Gasteiger partial charge in [-0.1, -0.05) is 6.07 Å². The van der Waals surface area contributed by atoms with Crippen LogP contribution in [0.15, 0.2) is 34.8 Å². The second-order valence-corrected chi connectivity index (χ2v) is 4.72. The van der Waals surface area contributed by atoms with Gasteiger partial charge >= 0.3 is 5.69 Å². The number of hydrogen-bond acceptors (Lipinski definition) is 5. The minimum Gasteiger partial charge on any atom is -0.429 e. The lowest BCUT2D eigenvalue weighted by Crippen LogP contribution is -1.98. The van der Waals surface area contributed by atoms with E-state index in [0.717, 1.165) is 0 Å². The first kappa shape index (κ1) is 14.0. The Labute approximate surface area is 122 Å². The highest BCUT2D eigenvalue weighted by Crippen LogP contribution is 2.38. The summed E-state index contributed by atoms with van der Waals surface area (Å²) in [5.41, 5.74) is 0.654. The molecule has 7 heteroatoms. The van der Waals surface area contributed by atoms with E-state index in [1.807, 2.05) is 6.07 Å². The van der Waals surface area contributed by atoms with Gasteiger partial charge in [-0.25, -0.2) is 4.98 Å². The molecule has 2 rings (SSSR count). The summed E-state index contributed by atoms with van der Waals surface area (Å²) in [5, 5.41) is 20.0. The maximum Gasteiger partial charge on any atom is 0.312 e. The van der Waals surface area contributed by atoms with Crippen molar-refractivity contribution in [2.45, 2.75) is 6.92 Å². The van der Waals surface area contributed by atoms with Crippen molar-refractivity contribution in [1.82, 2.24) is 4.98 Å². The molecule has 0 N–H and O–H groups in total. The SMILES string of the molecule is Cc1ccc(C#N)c(Oc2c(Br)cccc2[N+](=O)[O-])n1. The third-order valence-corrected chi connectivity index (χ3v) is 3.09. The number of para-hydroxylation sites is 1. The second kappa shape index (κ2) is 5.67. The molecule has 0 aliphatic rings. The van der Waals surface area contributed by atoms with Crippen molar-refractivity contribution in [2.75, 3.05) is 0 Å². The molecular formula is C13H8BrN3O3. The Morgan fingerprint density at radius 1 is 1.40 bits per heavy atom. The topological polar surface area (TPSA) is 89.0 Å². The molecule has 0 amide bonds. The lowest BCUT2D eigenvalue weighted by Gasteiger charge is -2.09. The average Bonchev–Trinajstić information content (AvgIpc) is 2.41. The first-order valence-electron chi connectivity index (χ1n) is 5.51. The number of pyridine rings is 1. The lowest BCUT2D eigenvalue weighted by molar-refractivity contribution is -0.385. The van der Waals surface area contributed by atoms with Gasteiger partial charge in [-0.2, -0.15) is 5.26 Å². The molecule has 1 aromatic heterocycles. The smallest absolute Gasteiger partial charge is 0.312 e. The molecule has 0 fully saturated rings. The molecule has 0 saturated carbocycles. The van der Waals surface area contributed by atoms with Gasteiger partial charge in [0.15, 0.2) is 0 Å². The zero-order valence-corrected chi connectivity index (χ0v) is 11.9. The van der Waals surface area contributed by atoms with Crippen LogP contribution in [0.25, 0.3) is 0 Å².